The molecule has 0 aliphatic carbocycles. The van der Waals surface area contributed by atoms with Gasteiger partial charge in [-0.2, -0.15) is 4.98 Å². The van der Waals surface area contributed by atoms with Crippen LogP contribution in [0.15, 0.2) is 45.3 Å². The van der Waals surface area contributed by atoms with Crippen LogP contribution in [0.4, 0.5) is 17.4 Å². The van der Waals surface area contributed by atoms with E-state index in [4.69, 9.17) is 10.2 Å². The second-order valence-corrected chi connectivity index (χ2v) is 5.10. The smallest absolute Gasteiger partial charge is 0.300 e. The predicted octanol–water partition coefficient (Wildman–Crippen LogP) is 4.22. The molecule has 0 amide bonds. The van der Waals surface area contributed by atoms with Crippen molar-refractivity contribution in [3.05, 3.63) is 46.4 Å². The molecule has 3 N–H and O–H groups in total. The number of nitrogens with two attached hydrogens (primary N) is 1. The molecule has 0 aliphatic rings. The highest BCUT2D eigenvalue weighted by Gasteiger charge is 2.08. The van der Waals surface area contributed by atoms with E-state index in [1.807, 2.05) is 31.2 Å². The van der Waals surface area contributed by atoms with Gasteiger partial charge in [0.05, 0.1) is 5.69 Å². The van der Waals surface area contributed by atoms with Crippen molar-refractivity contribution >= 4 is 44.4 Å². The SMILES string of the molecule is Cc1cccc(Nc2nc3cc(N)ccc3o2)c1Br. The molecule has 3 rings (SSSR count). The van der Waals surface area contributed by atoms with Crippen LogP contribution in [-0.4, -0.2) is 4.98 Å². The van der Waals surface area contributed by atoms with Crippen molar-refractivity contribution in [2.24, 2.45) is 0 Å². The number of fused-ring (bicyclic) bond motifs is 1. The molecule has 0 saturated carbocycles. The minimum Gasteiger partial charge on any atom is -0.423 e. The average Bonchev–Trinajstić information content (AvgIpc) is 2.76. The molecule has 1 heterocycles. The van der Waals surface area contributed by atoms with E-state index < -0.39 is 0 Å². The fourth-order valence-corrected chi connectivity index (χ4v) is 2.22. The van der Waals surface area contributed by atoms with Crippen LogP contribution in [0.3, 0.4) is 0 Å². The number of hydrogen-bond donors (Lipinski definition) is 2. The molecular weight excluding hydrogens is 306 g/mol. The lowest BCUT2D eigenvalue weighted by atomic mass is 10.2. The summed E-state index contributed by atoms with van der Waals surface area (Å²) in [6.45, 7) is 2.03. The lowest BCUT2D eigenvalue weighted by Gasteiger charge is -2.06. The van der Waals surface area contributed by atoms with Gasteiger partial charge in [-0.3, -0.25) is 0 Å². The van der Waals surface area contributed by atoms with Crippen LogP contribution in [0.1, 0.15) is 5.56 Å². The summed E-state index contributed by atoms with van der Waals surface area (Å²) in [5.74, 6) is 0. The number of aromatic nitrogens is 1. The van der Waals surface area contributed by atoms with Gasteiger partial charge < -0.3 is 15.5 Å². The van der Waals surface area contributed by atoms with Crippen molar-refractivity contribution in [2.75, 3.05) is 11.1 Å². The summed E-state index contributed by atoms with van der Waals surface area (Å²) in [7, 11) is 0. The molecular formula is C14H12BrN3O. The average molecular weight is 318 g/mol. The number of nitrogens with one attached hydrogen (secondary N) is 1. The molecule has 3 aromatic rings. The second-order valence-electron chi connectivity index (χ2n) is 4.31. The number of oxazole rings is 1. The first-order valence-corrected chi connectivity index (χ1v) is 6.61. The molecule has 0 fully saturated rings. The third kappa shape index (κ3) is 2.29. The fourth-order valence-electron chi connectivity index (χ4n) is 1.86. The lowest BCUT2D eigenvalue weighted by Crippen LogP contribution is -1.92. The zero-order valence-electron chi connectivity index (χ0n) is 10.3. The number of anilines is 3. The number of nitrogens with zero attached hydrogens (tertiary/aromatic N) is 1. The number of halogens is 1. The molecule has 0 bridgehead atoms. The molecule has 96 valence electrons. The predicted molar refractivity (Wildman–Crippen MR) is 80.6 cm³/mol. The van der Waals surface area contributed by atoms with Crippen LogP contribution in [0.25, 0.3) is 11.1 Å². The van der Waals surface area contributed by atoms with Crippen LogP contribution >= 0.6 is 15.9 Å². The number of benzene rings is 2. The van der Waals surface area contributed by atoms with Crippen molar-refractivity contribution in [1.82, 2.24) is 4.98 Å². The molecule has 5 heteroatoms. The molecule has 2 aromatic carbocycles. The summed E-state index contributed by atoms with van der Waals surface area (Å²) in [6.07, 6.45) is 0. The summed E-state index contributed by atoms with van der Waals surface area (Å²) >= 11 is 3.54. The monoisotopic (exact) mass is 317 g/mol. The van der Waals surface area contributed by atoms with Crippen LogP contribution in [0.5, 0.6) is 0 Å². The first-order valence-electron chi connectivity index (χ1n) is 5.82. The van der Waals surface area contributed by atoms with Crippen LogP contribution in [-0.2, 0) is 0 Å². The number of hydrogen-bond acceptors (Lipinski definition) is 4. The standard InChI is InChI=1S/C14H12BrN3O/c1-8-3-2-4-10(13(8)15)17-14-18-11-7-9(16)5-6-12(11)19-14/h2-7H,16H2,1H3,(H,17,18). The highest BCUT2D eigenvalue weighted by molar-refractivity contribution is 9.10. The van der Waals surface area contributed by atoms with Gasteiger partial charge in [-0.05, 0) is 52.7 Å². The molecule has 4 nitrogen and oxygen atoms in total. The largest absolute Gasteiger partial charge is 0.423 e. The quantitative estimate of drug-likeness (QED) is 0.694. The minimum absolute atomic E-state index is 0.451. The van der Waals surface area contributed by atoms with E-state index in [9.17, 15) is 0 Å². The van der Waals surface area contributed by atoms with Gasteiger partial charge in [-0.15, -0.1) is 0 Å². The summed E-state index contributed by atoms with van der Waals surface area (Å²) < 4.78 is 6.62. The number of nitrogen functional groups attached to an aromatic ring is 1. The zero-order valence-corrected chi connectivity index (χ0v) is 11.9. The Labute approximate surface area is 118 Å². The van der Waals surface area contributed by atoms with E-state index >= 15 is 0 Å². The van der Waals surface area contributed by atoms with Crippen molar-refractivity contribution in [1.29, 1.82) is 0 Å². The Kier molecular flexibility index (Phi) is 2.91. The van der Waals surface area contributed by atoms with Crippen LogP contribution in [0.2, 0.25) is 0 Å². The van der Waals surface area contributed by atoms with Gasteiger partial charge in [0.15, 0.2) is 5.58 Å². The van der Waals surface area contributed by atoms with Gasteiger partial charge in [0.2, 0.25) is 0 Å². The van der Waals surface area contributed by atoms with E-state index in [1.54, 1.807) is 12.1 Å². The molecule has 0 saturated heterocycles. The highest BCUT2D eigenvalue weighted by atomic mass is 79.9. The molecule has 19 heavy (non-hydrogen) atoms. The maximum atomic E-state index is 5.72. The Hall–Kier alpha value is -2.01. The van der Waals surface area contributed by atoms with E-state index in [2.05, 4.69) is 26.2 Å². The van der Waals surface area contributed by atoms with E-state index in [-0.39, 0.29) is 0 Å². The Morgan fingerprint density at radius 3 is 2.95 bits per heavy atom. The van der Waals surface area contributed by atoms with E-state index in [0.717, 1.165) is 21.2 Å². The Morgan fingerprint density at radius 2 is 2.11 bits per heavy atom. The molecule has 0 spiro atoms. The Morgan fingerprint density at radius 1 is 1.26 bits per heavy atom. The molecule has 0 aliphatic heterocycles. The van der Waals surface area contributed by atoms with Crippen molar-refractivity contribution in [3.8, 4) is 0 Å². The van der Waals surface area contributed by atoms with E-state index in [0.29, 0.717) is 17.3 Å². The molecule has 0 radical (unpaired) electrons. The molecule has 1 aromatic heterocycles. The van der Waals surface area contributed by atoms with Crippen molar-refractivity contribution < 1.29 is 4.42 Å². The van der Waals surface area contributed by atoms with Gasteiger partial charge in [0.1, 0.15) is 5.52 Å². The third-order valence-electron chi connectivity index (χ3n) is 2.85. The summed E-state index contributed by atoms with van der Waals surface area (Å²) in [5.41, 5.74) is 9.90. The summed E-state index contributed by atoms with van der Waals surface area (Å²) in [4.78, 5) is 4.36. The molecule has 0 unspecified atom stereocenters. The summed E-state index contributed by atoms with van der Waals surface area (Å²) in [5, 5.41) is 3.16. The first-order chi connectivity index (χ1) is 9.13. The van der Waals surface area contributed by atoms with E-state index in [1.165, 1.54) is 0 Å². The minimum atomic E-state index is 0.451. The van der Waals surface area contributed by atoms with Gasteiger partial charge in [-0.1, -0.05) is 12.1 Å². The maximum Gasteiger partial charge on any atom is 0.300 e. The van der Waals surface area contributed by atoms with Gasteiger partial charge in [0.25, 0.3) is 6.01 Å². The van der Waals surface area contributed by atoms with Crippen molar-refractivity contribution in [2.45, 2.75) is 6.92 Å². The Bertz CT molecular complexity index is 752. The number of rotatable bonds is 2. The Balaban J connectivity index is 1.99. The zero-order chi connectivity index (χ0) is 13.4. The lowest BCUT2D eigenvalue weighted by molar-refractivity contribution is 0.623. The third-order valence-corrected chi connectivity index (χ3v) is 3.90. The maximum absolute atomic E-state index is 5.72. The fraction of sp³-hybridized carbons (Fsp3) is 0.0714. The van der Waals surface area contributed by atoms with Gasteiger partial charge >= 0.3 is 0 Å². The van der Waals surface area contributed by atoms with Gasteiger partial charge in [0, 0.05) is 10.2 Å². The molecule has 0 atom stereocenters. The summed E-state index contributed by atoms with van der Waals surface area (Å²) in [6, 6.07) is 11.8. The van der Waals surface area contributed by atoms with Crippen LogP contribution < -0.4 is 11.1 Å². The first kappa shape index (κ1) is 12.0. The topological polar surface area (TPSA) is 64.1 Å². The highest BCUT2D eigenvalue weighted by Crippen LogP contribution is 2.30. The normalized spacial score (nSPS) is 10.8. The van der Waals surface area contributed by atoms with Crippen molar-refractivity contribution in [3.63, 3.8) is 0 Å². The van der Waals surface area contributed by atoms with Crippen LogP contribution in [0, 0.1) is 6.92 Å². The van der Waals surface area contributed by atoms with Gasteiger partial charge in [-0.25, -0.2) is 0 Å². The second kappa shape index (κ2) is 4.59. The number of aryl methyl sites for hydroxylation is 1.